The van der Waals surface area contributed by atoms with Crippen LogP contribution in [0.3, 0.4) is 0 Å². The third kappa shape index (κ3) is 4.02. The van der Waals surface area contributed by atoms with Gasteiger partial charge in [0.15, 0.2) is 0 Å². The number of hydrogen-bond acceptors (Lipinski definition) is 3. The molecule has 1 aliphatic rings. The Bertz CT molecular complexity index is 747. The summed E-state index contributed by atoms with van der Waals surface area (Å²) in [7, 11) is 0. The van der Waals surface area contributed by atoms with Gasteiger partial charge in [-0.1, -0.05) is 29.8 Å². The number of halogens is 1. The smallest absolute Gasteiger partial charge is 0.245 e. The van der Waals surface area contributed by atoms with E-state index in [1.165, 1.54) is 0 Å². The van der Waals surface area contributed by atoms with Crippen LogP contribution in [-0.2, 0) is 22.7 Å². The molecule has 3 rings (SSSR count). The lowest BCUT2D eigenvalue weighted by Crippen LogP contribution is -2.58. The molecule has 1 aliphatic heterocycles. The molecule has 2 heterocycles. The Labute approximate surface area is 152 Å². The molecule has 25 heavy (non-hydrogen) atoms. The molecular weight excluding hydrogens is 340 g/mol. The molecule has 0 N–H and O–H groups in total. The lowest BCUT2D eigenvalue weighted by atomic mass is 10.1. The van der Waals surface area contributed by atoms with E-state index in [4.69, 9.17) is 11.6 Å². The van der Waals surface area contributed by atoms with E-state index in [0.29, 0.717) is 18.1 Å². The average Bonchev–Trinajstić information content (AvgIpc) is 3.11. The normalized spacial score (nSPS) is 18.1. The lowest BCUT2D eigenvalue weighted by Gasteiger charge is -2.39. The summed E-state index contributed by atoms with van der Waals surface area (Å²) >= 11 is 6.17. The molecule has 2 amide bonds. The first-order valence-electron chi connectivity index (χ1n) is 8.35. The van der Waals surface area contributed by atoms with Gasteiger partial charge in [0.05, 0.1) is 0 Å². The molecular formula is C18H21ClN4O2. The maximum absolute atomic E-state index is 12.7. The molecule has 7 heteroatoms. The summed E-state index contributed by atoms with van der Waals surface area (Å²) in [5, 5.41) is 4.75. The van der Waals surface area contributed by atoms with Gasteiger partial charge in [-0.15, -0.1) is 0 Å². The van der Waals surface area contributed by atoms with Crippen LogP contribution in [0.4, 0.5) is 0 Å². The summed E-state index contributed by atoms with van der Waals surface area (Å²) < 4.78 is 1.82. The molecule has 132 valence electrons. The number of piperazine rings is 1. The zero-order chi connectivity index (χ0) is 17.8. The molecule has 0 spiro atoms. The monoisotopic (exact) mass is 360 g/mol. The SMILES string of the molecule is C[C@H]1C(=O)N(Cc2ccccc2Cl)CC(=O)N1CCCn1cccn1. The quantitative estimate of drug-likeness (QED) is 0.793. The number of carbonyl (C=O) groups excluding carboxylic acids is 2. The van der Waals surface area contributed by atoms with Crippen LogP contribution in [0.5, 0.6) is 0 Å². The van der Waals surface area contributed by atoms with E-state index in [2.05, 4.69) is 5.10 Å². The predicted octanol–water partition coefficient (Wildman–Crippen LogP) is 2.19. The van der Waals surface area contributed by atoms with E-state index in [1.807, 2.05) is 35.1 Å². The Morgan fingerprint density at radius 2 is 2.00 bits per heavy atom. The van der Waals surface area contributed by atoms with Crippen LogP contribution in [0.15, 0.2) is 42.7 Å². The summed E-state index contributed by atoms with van der Waals surface area (Å²) in [6, 6.07) is 8.80. The highest BCUT2D eigenvalue weighted by Gasteiger charge is 2.36. The molecule has 1 aromatic carbocycles. The third-order valence-electron chi connectivity index (χ3n) is 4.45. The van der Waals surface area contributed by atoms with E-state index < -0.39 is 6.04 Å². The van der Waals surface area contributed by atoms with Crippen LogP contribution in [0.25, 0.3) is 0 Å². The van der Waals surface area contributed by atoms with Crippen molar-refractivity contribution in [2.75, 3.05) is 13.1 Å². The van der Waals surface area contributed by atoms with E-state index in [9.17, 15) is 9.59 Å². The maximum atomic E-state index is 12.7. The van der Waals surface area contributed by atoms with Crippen molar-refractivity contribution in [3.05, 3.63) is 53.3 Å². The van der Waals surface area contributed by atoms with Gasteiger partial charge in [0.2, 0.25) is 11.8 Å². The second-order valence-corrected chi connectivity index (χ2v) is 6.58. The van der Waals surface area contributed by atoms with E-state index >= 15 is 0 Å². The molecule has 0 saturated carbocycles. The van der Waals surface area contributed by atoms with Crippen molar-refractivity contribution < 1.29 is 9.59 Å². The van der Waals surface area contributed by atoms with Crippen molar-refractivity contribution in [3.63, 3.8) is 0 Å². The Hall–Kier alpha value is -2.34. The highest BCUT2D eigenvalue weighted by Crippen LogP contribution is 2.20. The van der Waals surface area contributed by atoms with Gasteiger partial charge in [-0.2, -0.15) is 5.10 Å². The van der Waals surface area contributed by atoms with Crippen LogP contribution in [0, 0.1) is 0 Å². The maximum Gasteiger partial charge on any atom is 0.245 e. The lowest BCUT2D eigenvalue weighted by molar-refractivity contribution is -0.155. The predicted molar refractivity (Wildman–Crippen MR) is 94.9 cm³/mol. The zero-order valence-electron chi connectivity index (χ0n) is 14.1. The first kappa shape index (κ1) is 17.5. The molecule has 0 radical (unpaired) electrons. The summed E-state index contributed by atoms with van der Waals surface area (Å²) in [4.78, 5) is 28.4. The third-order valence-corrected chi connectivity index (χ3v) is 4.82. The molecule has 1 aromatic heterocycles. The van der Waals surface area contributed by atoms with Crippen molar-refractivity contribution in [1.29, 1.82) is 0 Å². The second kappa shape index (κ2) is 7.70. The zero-order valence-corrected chi connectivity index (χ0v) is 14.9. The van der Waals surface area contributed by atoms with Crippen LogP contribution in [-0.4, -0.2) is 50.5 Å². The van der Waals surface area contributed by atoms with Crippen molar-refractivity contribution in [1.82, 2.24) is 19.6 Å². The molecule has 0 bridgehead atoms. The van der Waals surface area contributed by atoms with Gasteiger partial charge < -0.3 is 9.80 Å². The van der Waals surface area contributed by atoms with Crippen molar-refractivity contribution in [2.24, 2.45) is 0 Å². The Kier molecular flexibility index (Phi) is 5.38. The number of nitrogens with zero attached hydrogens (tertiary/aromatic N) is 4. The van der Waals surface area contributed by atoms with Crippen LogP contribution in [0.2, 0.25) is 5.02 Å². The summed E-state index contributed by atoms with van der Waals surface area (Å²) in [6.07, 6.45) is 4.37. The Balaban J connectivity index is 1.60. The second-order valence-electron chi connectivity index (χ2n) is 6.17. The number of benzene rings is 1. The topological polar surface area (TPSA) is 58.4 Å². The number of aryl methyl sites for hydroxylation is 1. The average molecular weight is 361 g/mol. The van der Waals surface area contributed by atoms with Crippen molar-refractivity contribution in [2.45, 2.75) is 32.5 Å². The van der Waals surface area contributed by atoms with Crippen LogP contribution >= 0.6 is 11.6 Å². The fourth-order valence-electron chi connectivity index (χ4n) is 3.07. The van der Waals surface area contributed by atoms with Gasteiger partial charge in [-0.3, -0.25) is 14.3 Å². The minimum absolute atomic E-state index is 0.0281. The van der Waals surface area contributed by atoms with E-state index in [0.717, 1.165) is 18.5 Å². The summed E-state index contributed by atoms with van der Waals surface area (Å²) in [5.74, 6) is -0.0711. The Morgan fingerprint density at radius 3 is 2.72 bits per heavy atom. The van der Waals surface area contributed by atoms with Gasteiger partial charge in [-0.25, -0.2) is 0 Å². The number of hydrogen-bond donors (Lipinski definition) is 0. The highest BCUT2D eigenvalue weighted by atomic mass is 35.5. The van der Waals surface area contributed by atoms with Gasteiger partial charge >= 0.3 is 0 Å². The number of aromatic nitrogens is 2. The minimum atomic E-state index is -0.457. The minimum Gasteiger partial charge on any atom is -0.329 e. The fourth-order valence-corrected chi connectivity index (χ4v) is 3.26. The molecule has 2 aromatic rings. The summed E-state index contributed by atoms with van der Waals surface area (Å²) in [6.45, 7) is 3.51. The molecule has 6 nitrogen and oxygen atoms in total. The van der Waals surface area contributed by atoms with E-state index in [-0.39, 0.29) is 18.4 Å². The molecule has 1 fully saturated rings. The van der Waals surface area contributed by atoms with Crippen LogP contribution in [0.1, 0.15) is 18.9 Å². The Morgan fingerprint density at radius 1 is 1.20 bits per heavy atom. The first-order valence-corrected chi connectivity index (χ1v) is 8.73. The van der Waals surface area contributed by atoms with Gasteiger partial charge in [-0.05, 0) is 31.0 Å². The van der Waals surface area contributed by atoms with Crippen molar-refractivity contribution in [3.8, 4) is 0 Å². The van der Waals surface area contributed by atoms with Gasteiger partial charge in [0.1, 0.15) is 12.6 Å². The standard InChI is InChI=1S/C18H21ClN4O2/c1-14-18(25)21(12-15-6-2-3-7-16(15)19)13-17(24)23(14)11-5-10-22-9-4-8-20-22/h2-4,6-9,14H,5,10-13H2,1H3/t14-/m0/s1. The number of rotatable bonds is 6. The van der Waals surface area contributed by atoms with Crippen LogP contribution < -0.4 is 0 Å². The molecule has 0 aliphatic carbocycles. The van der Waals surface area contributed by atoms with Gasteiger partial charge in [0.25, 0.3) is 0 Å². The van der Waals surface area contributed by atoms with Crippen molar-refractivity contribution >= 4 is 23.4 Å². The molecule has 1 saturated heterocycles. The molecule has 1 atom stereocenters. The number of carbonyl (C=O) groups is 2. The van der Waals surface area contributed by atoms with E-state index in [1.54, 1.807) is 29.0 Å². The highest BCUT2D eigenvalue weighted by molar-refractivity contribution is 6.31. The largest absolute Gasteiger partial charge is 0.329 e. The first-order chi connectivity index (χ1) is 12.1. The number of amides is 2. The van der Waals surface area contributed by atoms with Gasteiger partial charge in [0, 0.05) is 37.1 Å². The fraction of sp³-hybridized carbons (Fsp3) is 0.389. The molecule has 0 unspecified atom stereocenters. The summed E-state index contributed by atoms with van der Waals surface area (Å²) in [5.41, 5.74) is 0.852.